The van der Waals surface area contributed by atoms with Gasteiger partial charge in [0.25, 0.3) is 5.91 Å². The van der Waals surface area contributed by atoms with E-state index < -0.39 is 5.91 Å². The summed E-state index contributed by atoms with van der Waals surface area (Å²) in [4.78, 5) is 15.5. The van der Waals surface area contributed by atoms with E-state index in [1.54, 1.807) is 11.5 Å². The van der Waals surface area contributed by atoms with Crippen molar-refractivity contribution in [1.29, 1.82) is 0 Å². The third kappa shape index (κ3) is 4.51. The monoisotopic (exact) mass is 311 g/mol. The molecule has 0 bridgehead atoms. The first-order valence-corrected chi connectivity index (χ1v) is 8.45. The molecule has 1 fully saturated rings. The molecule has 0 unspecified atom stereocenters. The number of thiophene rings is 1. The van der Waals surface area contributed by atoms with Crippen molar-refractivity contribution in [3.05, 3.63) is 21.9 Å². The van der Waals surface area contributed by atoms with Crippen molar-refractivity contribution in [2.75, 3.05) is 26.2 Å². The lowest BCUT2D eigenvalue weighted by atomic mass is 9.96. The second-order valence-electron chi connectivity index (χ2n) is 5.65. The van der Waals surface area contributed by atoms with Crippen LogP contribution in [0.15, 0.2) is 12.1 Å². The average molecular weight is 311 g/mol. The van der Waals surface area contributed by atoms with Crippen molar-refractivity contribution in [3.63, 3.8) is 0 Å². The van der Waals surface area contributed by atoms with Gasteiger partial charge in [-0.15, -0.1) is 11.3 Å². The van der Waals surface area contributed by atoms with E-state index in [0.717, 1.165) is 23.9 Å². The van der Waals surface area contributed by atoms with E-state index >= 15 is 0 Å². The average Bonchev–Trinajstić information content (AvgIpc) is 3.02. The summed E-state index contributed by atoms with van der Waals surface area (Å²) >= 11 is 1.42. The molecule has 3 N–H and O–H groups in total. The molecule has 1 aromatic heterocycles. The molecule has 2 rings (SSSR count). The molecule has 1 saturated heterocycles. The van der Waals surface area contributed by atoms with Crippen LogP contribution in [-0.2, 0) is 0 Å². The highest BCUT2D eigenvalue weighted by atomic mass is 32.1. The Labute approximate surface area is 130 Å². The molecule has 0 aromatic carbocycles. The SMILES string of the molecule is CCN1CCC(CN[C@H](C)c2ccc(C(=O)NO)s2)CC1. The van der Waals surface area contributed by atoms with Gasteiger partial charge in [-0.05, 0) is 64.0 Å². The van der Waals surface area contributed by atoms with Crippen LogP contribution in [0.3, 0.4) is 0 Å². The van der Waals surface area contributed by atoms with Crippen LogP contribution >= 0.6 is 11.3 Å². The molecule has 1 aromatic rings. The second kappa shape index (κ2) is 7.89. The number of hydroxylamine groups is 1. The lowest BCUT2D eigenvalue weighted by Gasteiger charge is -2.31. The number of carbonyl (C=O) groups excluding carboxylic acids is 1. The van der Waals surface area contributed by atoms with Crippen molar-refractivity contribution >= 4 is 17.2 Å². The molecule has 21 heavy (non-hydrogen) atoms. The van der Waals surface area contributed by atoms with Gasteiger partial charge in [0.05, 0.1) is 4.88 Å². The Morgan fingerprint density at radius 1 is 1.48 bits per heavy atom. The molecule has 6 heteroatoms. The van der Waals surface area contributed by atoms with Gasteiger partial charge in [-0.3, -0.25) is 10.0 Å². The summed E-state index contributed by atoms with van der Waals surface area (Å²) in [6.45, 7) is 8.93. The number of hydrogen-bond donors (Lipinski definition) is 3. The fraction of sp³-hybridized carbons (Fsp3) is 0.667. The van der Waals surface area contributed by atoms with Gasteiger partial charge >= 0.3 is 0 Å². The van der Waals surface area contributed by atoms with Crippen LogP contribution in [0.25, 0.3) is 0 Å². The van der Waals surface area contributed by atoms with E-state index in [0.29, 0.717) is 4.88 Å². The first kappa shape index (κ1) is 16.4. The Kier molecular flexibility index (Phi) is 6.17. The molecule has 0 radical (unpaired) electrons. The summed E-state index contributed by atoms with van der Waals surface area (Å²) in [5.74, 6) is 0.306. The molecule has 118 valence electrons. The van der Waals surface area contributed by atoms with Crippen LogP contribution < -0.4 is 10.8 Å². The summed E-state index contributed by atoms with van der Waals surface area (Å²) in [5.41, 5.74) is 1.67. The van der Waals surface area contributed by atoms with Crippen molar-refractivity contribution in [2.45, 2.75) is 32.7 Å². The number of piperidine rings is 1. The maximum atomic E-state index is 11.3. The maximum Gasteiger partial charge on any atom is 0.284 e. The van der Waals surface area contributed by atoms with Crippen molar-refractivity contribution in [2.24, 2.45) is 5.92 Å². The molecule has 1 atom stereocenters. The predicted molar refractivity (Wildman–Crippen MR) is 84.8 cm³/mol. The van der Waals surface area contributed by atoms with Crippen LogP contribution in [0.5, 0.6) is 0 Å². The highest BCUT2D eigenvalue weighted by molar-refractivity contribution is 7.14. The third-order valence-electron chi connectivity index (χ3n) is 4.25. The zero-order chi connectivity index (χ0) is 15.2. The highest BCUT2D eigenvalue weighted by Gasteiger charge is 2.19. The van der Waals surface area contributed by atoms with Crippen LogP contribution in [-0.4, -0.2) is 42.2 Å². The predicted octanol–water partition coefficient (Wildman–Crippen LogP) is 2.25. The minimum absolute atomic E-state index is 0.236. The van der Waals surface area contributed by atoms with E-state index in [1.807, 2.05) is 6.07 Å². The first-order valence-electron chi connectivity index (χ1n) is 7.64. The molecule has 1 amide bonds. The number of likely N-dealkylation sites (tertiary alicyclic amines) is 1. The fourth-order valence-electron chi connectivity index (χ4n) is 2.71. The largest absolute Gasteiger partial charge is 0.309 e. The van der Waals surface area contributed by atoms with E-state index in [1.165, 1.54) is 37.3 Å². The van der Waals surface area contributed by atoms with E-state index in [4.69, 9.17) is 5.21 Å². The van der Waals surface area contributed by atoms with E-state index in [2.05, 4.69) is 24.1 Å². The van der Waals surface area contributed by atoms with Crippen LogP contribution in [0.1, 0.15) is 47.3 Å². The van der Waals surface area contributed by atoms with Crippen LogP contribution in [0.4, 0.5) is 0 Å². The minimum Gasteiger partial charge on any atom is -0.309 e. The molecule has 2 heterocycles. The summed E-state index contributed by atoms with van der Waals surface area (Å²) in [5, 5.41) is 12.2. The fourth-order valence-corrected chi connectivity index (χ4v) is 3.64. The summed E-state index contributed by atoms with van der Waals surface area (Å²) in [6.07, 6.45) is 2.52. The zero-order valence-electron chi connectivity index (χ0n) is 12.8. The lowest BCUT2D eigenvalue weighted by molar-refractivity contribution is 0.0711. The van der Waals surface area contributed by atoms with Gasteiger partial charge in [-0.2, -0.15) is 0 Å². The summed E-state index contributed by atoms with van der Waals surface area (Å²) < 4.78 is 0. The van der Waals surface area contributed by atoms with Crippen molar-refractivity contribution in [1.82, 2.24) is 15.7 Å². The van der Waals surface area contributed by atoms with Gasteiger partial charge in [-0.25, -0.2) is 5.48 Å². The Morgan fingerprint density at radius 3 is 2.81 bits per heavy atom. The Bertz CT molecular complexity index is 456. The zero-order valence-corrected chi connectivity index (χ0v) is 13.6. The maximum absolute atomic E-state index is 11.3. The van der Waals surface area contributed by atoms with Gasteiger partial charge in [-0.1, -0.05) is 6.92 Å². The number of rotatable bonds is 6. The third-order valence-corrected chi connectivity index (χ3v) is 5.51. The molecule has 5 nitrogen and oxygen atoms in total. The number of nitrogens with zero attached hydrogens (tertiary/aromatic N) is 1. The quantitative estimate of drug-likeness (QED) is 0.557. The molecule has 0 saturated carbocycles. The number of nitrogens with one attached hydrogen (secondary N) is 2. The number of carbonyl (C=O) groups is 1. The lowest BCUT2D eigenvalue weighted by Crippen LogP contribution is -2.37. The van der Waals surface area contributed by atoms with Crippen molar-refractivity contribution < 1.29 is 10.0 Å². The standard InChI is InChI=1S/C15H25N3O2S/c1-3-18-8-6-12(7-9-18)10-16-11(2)13-4-5-14(21-13)15(19)17-20/h4-5,11-12,16,20H,3,6-10H2,1-2H3,(H,17,19)/t11-/m1/s1. The number of hydrogen-bond acceptors (Lipinski definition) is 5. The Balaban J connectivity index is 1.78. The molecule has 0 spiro atoms. The first-order chi connectivity index (χ1) is 10.1. The van der Waals surface area contributed by atoms with E-state index in [9.17, 15) is 4.79 Å². The van der Waals surface area contributed by atoms with Gasteiger partial charge in [0.1, 0.15) is 0 Å². The van der Waals surface area contributed by atoms with Gasteiger partial charge in [0, 0.05) is 10.9 Å². The second-order valence-corrected chi connectivity index (χ2v) is 6.77. The highest BCUT2D eigenvalue weighted by Crippen LogP contribution is 2.24. The normalized spacial score (nSPS) is 18.6. The van der Waals surface area contributed by atoms with Crippen LogP contribution in [0.2, 0.25) is 0 Å². The van der Waals surface area contributed by atoms with E-state index in [-0.39, 0.29) is 6.04 Å². The summed E-state index contributed by atoms with van der Waals surface area (Å²) in [7, 11) is 0. The number of amides is 1. The minimum atomic E-state index is -0.439. The molecule has 1 aliphatic rings. The summed E-state index contributed by atoms with van der Waals surface area (Å²) in [6, 6.07) is 3.94. The Hall–Kier alpha value is -0.950. The van der Waals surface area contributed by atoms with Crippen molar-refractivity contribution in [3.8, 4) is 0 Å². The Morgan fingerprint density at radius 2 is 2.19 bits per heavy atom. The van der Waals surface area contributed by atoms with Gasteiger partial charge in [0.2, 0.25) is 0 Å². The smallest absolute Gasteiger partial charge is 0.284 e. The molecular formula is C15H25N3O2S. The topological polar surface area (TPSA) is 64.6 Å². The molecular weight excluding hydrogens is 286 g/mol. The molecule has 0 aliphatic carbocycles. The van der Waals surface area contributed by atoms with Gasteiger partial charge in [0.15, 0.2) is 0 Å². The van der Waals surface area contributed by atoms with Crippen LogP contribution in [0, 0.1) is 5.92 Å². The molecule has 1 aliphatic heterocycles. The van der Waals surface area contributed by atoms with Gasteiger partial charge < -0.3 is 10.2 Å².